The summed E-state index contributed by atoms with van der Waals surface area (Å²) in [5.41, 5.74) is 0.170. The molecule has 0 saturated carbocycles. The summed E-state index contributed by atoms with van der Waals surface area (Å²) in [5, 5.41) is 11.8. The van der Waals surface area contributed by atoms with E-state index in [0.29, 0.717) is 32.8 Å². The number of nitrogens with zero attached hydrogens (tertiary/aromatic N) is 3. The maximum Gasteiger partial charge on any atom is 0.228 e. The molecule has 3 heterocycles. The number of nitrogens with one attached hydrogen (secondary N) is 1. The molecule has 2 aliphatic rings. The van der Waals surface area contributed by atoms with Crippen LogP contribution in [0.4, 0.5) is 10.2 Å². The van der Waals surface area contributed by atoms with E-state index in [1.165, 1.54) is 6.20 Å². The molecule has 1 aromatic rings. The van der Waals surface area contributed by atoms with Crippen molar-refractivity contribution in [1.82, 2.24) is 9.88 Å². The van der Waals surface area contributed by atoms with Gasteiger partial charge >= 0.3 is 0 Å². The fraction of sp³-hybridized carbons (Fsp3) is 0.500. The standard InChI is InChI=1S/C18H21FN4O2/c19-16-9-13(10-20)11-21-17(16)22-12-15(14-3-7-25-8-4-14)18(24)23-5-1-2-6-23/h1-2,9,11,14-15H,3-8,12H2,(H,21,22). The van der Waals surface area contributed by atoms with E-state index in [-0.39, 0.29) is 29.1 Å². The summed E-state index contributed by atoms with van der Waals surface area (Å²) in [5.74, 6) is -0.474. The molecule has 0 bridgehead atoms. The lowest BCUT2D eigenvalue weighted by Crippen LogP contribution is -2.42. The Morgan fingerprint density at radius 2 is 2.16 bits per heavy atom. The molecule has 3 rings (SSSR count). The van der Waals surface area contributed by atoms with Crippen molar-refractivity contribution in [2.45, 2.75) is 12.8 Å². The van der Waals surface area contributed by atoms with Gasteiger partial charge in [-0.2, -0.15) is 5.26 Å². The van der Waals surface area contributed by atoms with E-state index in [1.54, 1.807) is 0 Å². The number of amides is 1. The Labute approximate surface area is 146 Å². The van der Waals surface area contributed by atoms with Gasteiger partial charge in [-0.25, -0.2) is 9.37 Å². The smallest absolute Gasteiger partial charge is 0.228 e. The Hall–Kier alpha value is -2.46. The summed E-state index contributed by atoms with van der Waals surface area (Å²) in [6.07, 6.45) is 6.93. The highest BCUT2D eigenvalue weighted by molar-refractivity contribution is 5.80. The first-order chi connectivity index (χ1) is 12.2. The van der Waals surface area contributed by atoms with Gasteiger partial charge in [0, 0.05) is 39.0 Å². The number of rotatable bonds is 5. The summed E-state index contributed by atoms with van der Waals surface area (Å²) in [6, 6.07) is 3.00. The largest absolute Gasteiger partial charge is 0.381 e. The molecule has 6 nitrogen and oxygen atoms in total. The van der Waals surface area contributed by atoms with Crippen molar-refractivity contribution in [2.24, 2.45) is 11.8 Å². The lowest BCUT2D eigenvalue weighted by Gasteiger charge is -2.32. The van der Waals surface area contributed by atoms with Gasteiger partial charge in [-0.3, -0.25) is 4.79 Å². The molecular weight excluding hydrogens is 323 g/mol. The molecule has 1 fully saturated rings. The molecule has 1 amide bonds. The van der Waals surface area contributed by atoms with Crippen LogP contribution in [0.3, 0.4) is 0 Å². The SMILES string of the molecule is N#Cc1cnc(NCC(C(=O)N2CC=CC2)C2CCOCC2)c(F)c1. The first-order valence-corrected chi connectivity index (χ1v) is 8.50. The molecule has 7 heteroatoms. The van der Waals surface area contributed by atoms with Crippen LogP contribution in [0.15, 0.2) is 24.4 Å². The molecule has 1 aromatic heterocycles. The van der Waals surface area contributed by atoms with Crippen LogP contribution in [0.1, 0.15) is 18.4 Å². The van der Waals surface area contributed by atoms with E-state index in [4.69, 9.17) is 10.00 Å². The predicted octanol–water partition coefficient (Wildman–Crippen LogP) is 1.95. The number of aromatic nitrogens is 1. The topological polar surface area (TPSA) is 78.2 Å². The summed E-state index contributed by atoms with van der Waals surface area (Å²) >= 11 is 0. The Balaban J connectivity index is 1.70. The Kier molecular flexibility index (Phi) is 5.61. The van der Waals surface area contributed by atoms with Gasteiger partial charge < -0.3 is 15.0 Å². The number of carbonyl (C=O) groups is 1. The van der Waals surface area contributed by atoms with E-state index in [0.717, 1.165) is 18.9 Å². The van der Waals surface area contributed by atoms with Crippen LogP contribution in [0.2, 0.25) is 0 Å². The number of hydrogen-bond donors (Lipinski definition) is 1. The van der Waals surface area contributed by atoms with Crippen molar-refractivity contribution >= 4 is 11.7 Å². The second-order valence-corrected chi connectivity index (χ2v) is 6.32. The Bertz CT molecular complexity index is 687. The van der Waals surface area contributed by atoms with E-state index < -0.39 is 5.82 Å². The molecule has 1 saturated heterocycles. The highest BCUT2D eigenvalue weighted by Crippen LogP contribution is 2.27. The molecule has 132 valence electrons. The molecule has 0 spiro atoms. The minimum atomic E-state index is -0.583. The quantitative estimate of drug-likeness (QED) is 0.826. The molecule has 1 N–H and O–H groups in total. The van der Waals surface area contributed by atoms with Crippen molar-refractivity contribution in [3.05, 3.63) is 35.8 Å². The maximum absolute atomic E-state index is 14.0. The lowest BCUT2D eigenvalue weighted by atomic mass is 9.84. The zero-order valence-electron chi connectivity index (χ0n) is 13.9. The third-order valence-corrected chi connectivity index (χ3v) is 4.74. The molecule has 0 radical (unpaired) electrons. The number of hydrogen-bond acceptors (Lipinski definition) is 5. The van der Waals surface area contributed by atoms with Crippen LogP contribution in [0, 0.1) is 29.0 Å². The minimum Gasteiger partial charge on any atom is -0.381 e. The Morgan fingerprint density at radius 3 is 2.80 bits per heavy atom. The van der Waals surface area contributed by atoms with Gasteiger partial charge in [0.1, 0.15) is 6.07 Å². The number of nitriles is 1. The molecule has 1 atom stereocenters. The highest BCUT2D eigenvalue weighted by atomic mass is 19.1. The van der Waals surface area contributed by atoms with E-state index >= 15 is 0 Å². The number of carbonyl (C=O) groups excluding carboxylic acids is 1. The van der Waals surface area contributed by atoms with Gasteiger partial charge in [0.25, 0.3) is 0 Å². The average molecular weight is 344 g/mol. The molecule has 0 aromatic carbocycles. The predicted molar refractivity (Wildman–Crippen MR) is 90.2 cm³/mol. The summed E-state index contributed by atoms with van der Waals surface area (Å²) in [7, 11) is 0. The zero-order valence-corrected chi connectivity index (χ0v) is 13.9. The average Bonchev–Trinajstić information content (AvgIpc) is 3.18. The van der Waals surface area contributed by atoms with Crippen molar-refractivity contribution in [3.8, 4) is 6.07 Å². The van der Waals surface area contributed by atoms with Crippen molar-refractivity contribution in [3.63, 3.8) is 0 Å². The van der Waals surface area contributed by atoms with Crippen LogP contribution < -0.4 is 5.32 Å². The molecule has 2 aliphatic heterocycles. The molecule has 25 heavy (non-hydrogen) atoms. The van der Waals surface area contributed by atoms with Gasteiger partial charge in [0.15, 0.2) is 11.6 Å². The van der Waals surface area contributed by atoms with E-state index in [1.807, 2.05) is 23.1 Å². The monoisotopic (exact) mass is 344 g/mol. The van der Waals surface area contributed by atoms with Crippen molar-refractivity contribution in [2.75, 3.05) is 38.2 Å². The second kappa shape index (κ2) is 8.08. The number of ether oxygens (including phenoxy) is 1. The molecule has 1 unspecified atom stereocenters. The number of pyridine rings is 1. The normalized spacial score (nSPS) is 18.8. The van der Waals surface area contributed by atoms with Gasteiger partial charge in [-0.05, 0) is 24.8 Å². The first-order valence-electron chi connectivity index (χ1n) is 8.50. The van der Waals surface area contributed by atoms with Crippen LogP contribution in [0.5, 0.6) is 0 Å². The maximum atomic E-state index is 14.0. The van der Waals surface area contributed by atoms with Crippen molar-refractivity contribution < 1.29 is 13.9 Å². The van der Waals surface area contributed by atoms with Crippen molar-refractivity contribution in [1.29, 1.82) is 5.26 Å². The summed E-state index contributed by atoms with van der Waals surface area (Å²) < 4.78 is 19.4. The lowest BCUT2D eigenvalue weighted by molar-refractivity contribution is -0.136. The second-order valence-electron chi connectivity index (χ2n) is 6.32. The minimum absolute atomic E-state index is 0.0726. The third kappa shape index (κ3) is 4.15. The van der Waals surface area contributed by atoms with Gasteiger partial charge in [0.05, 0.1) is 11.5 Å². The molecule has 0 aliphatic carbocycles. The first kappa shape index (κ1) is 17.4. The highest BCUT2D eigenvalue weighted by Gasteiger charge is 2.33. The zero-order chi connectivity index (χ0) is 17.6. The third-order valence-electron chi connectivity index (χ3n) is 4.74. The van der Waals surface area contributed by atoms with Crippen LogP contribution in [0.25, 0.3) is 0 Å². The van der Waals surface area contributed by atoms with E-state index in [9.17, 15) is 9.18 Å². The van der Waals surface area contributed by atoms with Crippen LogP contribution in [-0.4, -0.2) is 48.6 Å². The van der Waals surface area contributed by atoms with Gasteiger partial charge in [-0.1, -0.05) is 12.2 Å². The van der Waals surface area contributed by atoms with Crippen LogP contribution in [-0.2, 0) is 9.53 Å². The van der Waals surface area contributed by atoms with E-state index in [2.05, 4.69) is 10.3 Å². The fourth-order valence-electron chi connectivity index (χ4n) is 3.30. The summed E-state index contributed by atoms with van der Waals surface area (Å²) in [6.45, 7) is 2.87. The van der Waals surface area contributed by atoms with Crippen LogP contribution >= 0.6 is 0 Å². The Morgan fingerprint density at radius 1 is 1.44 bits per heavy atom. The number of halogens is 1. The van der Waals surface area contributed by atoms with Gasteiger partial charge in [0.2, 0.25) is 5.91 Å². The molecular formula is C18H21FN4O2. The van der Waals surface area contributed by atoms with Gasteiger partial charge in [-0.15, -0.1) is 0 Å². The fourth-order valence-corrected chi connectivity index (χ4v) is 3.30. The summed E-state index contributed by atoms with van der Waals surface area (Å²) in [4.78, 5) is 18.7. The number of anilines is 1.